The topological polar surface area (TPSA) is 55.2 Å². The largest absolute Gasteiger partial charge is 0.624 e. The highest BCUT2D eigenvalue weighted by atomic mass is 16.5. The summed E-state index contributed by atoms with van der Waals surface area (Å²) in [6.07, 6.45) is 0.948. The fourth-order valence-corrected chi connectivity index (χ4v) is 0.385. The van der Waals surface area contributed by atoms with Crippen LogP contribution in [0.25, 0.3) is 0 Å². The second kappa shape index (κ2) is 3.88. The SMILES string of the molecule is CCNC(=O)/C=[N+](\C)[O-]. The van der Waals surface area contributed by atoms with E-state index in [0.29, 0.717) is 11.3 Å². The van der Waals surface area contributed by atoms with E-state index in [-0.39, 0.29) is 5.91 Å². The summed E-state index contributed by atoms with van der Waals surface area (Å²) in [5, 5.41) is 12.6. The van der Waals surface area contributed by atoms with Crippen molar-refractivity contribution in [3.05, 3.63) is 5.21 Å². The standard InChI is InChI=1S/C5H10N2O2/c1-3-6-5(8)4-7(2)9/h4H,3H2,1-2H3,(H,6,8)/b7-4+. The molecule has 0 aromatic carbocycles. The van der Waals surface area contributed by atoms with Gasteiger partial charge in [0, 0.05) is 6.54 Å². The first kappa shape index (κ1) is 7.94. The summed E-state index contributed by atoms with van der Waals surface area (Å²) in [5.74, 6) is -0.352. The molecule has 0 aliphatic heterocycles. The summed E-state index contributed by atoms with van der Waals surface area (Å²) in [7, 11) is 1.26. The van der Waals surface area contributed by atoms with Crippen LogP contribution in [0.5, 0.6) is 0 Å². The Hall–Kier alpha value is -1.06. The molecule has 0 spiro atoms. The second-order valence-electron chi connectivity index (χ2n) is 1.57. The molecule has 0 aliphatic rings. The van der Waals surface area contributed by atoms with Crippen molar-refractivity contribution < 1.29 is 9.53 Å². The Morgan fingerprint density at radius 3 is 2.78 bits per heavy atom. The molecule has 1 amide bonds. The van der Waals surface area contributed by atoms with Gasteiger partial charge in [0.15, 0.2) is 0 Å². The summed E-state index contributed by atoms with van der Waals surface area (Å²) in [5.41, 5.74) is 0. The third-order valence-electron chi connectivity index (χ3n) is 0.650. The molecule has 52 valence electrons. The maximum Gasteiger partial charge on any atom is 0.308 e. The highest BCUT2D eigenvalue weighted by Crippen LogP contribution is 1.59. The van der Waals surface area contributed by atoms with Gasteiger partial charge < -0.3 is 10.5 Å². The van der Waals surface area contributed by atoms with Crippen molar-refractivity contribution in [3.8, 4) is 0 Å². The number of nitrogens with one attached hydrogen (secondary N) is 1. The van der Waals surface area contributed by atoms with Gasteiger partial charge in [-0.2, -0.15) is 0 Å². The van der Waals surface area contributed by atoms with E-state index in [4.69, 9.17) is 0 Å². The lowest BCUT2D eigenvalue weighted by molar-refractivity contribution is -0.416. The third kappa shape index (κ3) is 4.80. The van der Waals surface area contributed by atoms with Gasteiger partial charge in [-0.15, -0.1) is 0 Å². The Kier molecular flexibility index (Phi) is 3.43. The monoisotopic (exact) mass is 130 g/mol. The quantitative estimate of drug-likeness (QED) is 0.233. The lowest BCUT2D eigenvalue weighted by atomic mass is 10.6. The number of carbonyl (C=O) groups is 1. The highest BCUT2D eigenvalue weighted by Gasteiger charge is 1.95. The van der Waals surface area contributed by atoms with Crippen LogP contribution >= 0.6 is 0 Å². The molecule has 0 aliphatic carbocycles. The molecular formula is C5H10N2O2. The molecule has 0 saturated heterocycles. The number of hydrogen-bond donors (Lipinski definition) is 1. The lowest BCUT2D eigenvalue weighted by Crippen LogP contribution is -2.26. The van der Waals surface area contributed by atoms with Gasteiger partial charge in [-0.3, -0.25) is 4.79 Å². The predicted octanol–water partition coefficient (Wildman–Crippen LogP) is -0.667. The van der Waals surface area contributed by atoms with E-state index in [1.807, 2.05) is 0 Å². The van der Waals surface area contributed by atoms with Gasteiger partial charge in [0.1, 0.15) is 7.05 Å². The van der Waals surface area contributed by atoms with Crippen molar-refractivity contribution in [3.63, 3.8) is 0 Å². The van der Waals surface area contributed by atoms with Crippen LogP contribution in [0.15, 0.2) is 0 Å². The van der Waals surface area contributed by atoms with Gasteiger partial charge in [-0.05, 0) is 6.92 Å². The van der Waals surface area contributed by atoms with Gasteiger partial charge in [-0.1, -0.05) is 0 Å². The Balaban J connectivity index is 3.63. The molecule has 0 saturated carbocycles. The fourth-order valence-electron chi connectivity index (χ4n) is 0.385. The molecule has 0 heterocycles. The van der Waals surface area contributed by atoms with Crippen LogP contribution < -0.4 is 5.32 Å². The molecule has 0 radical (unpaired) electrons. The van der Waals surface area contributed by atoms with Gasteiger partial charge in [0.2, 0.25) is 6.21 Å². The molecule has 0 aromatic rings. The fraction of sp³-hybridized carbons (Fsp3) is 0.600. The average molecular weight is 130 g/mol. The second-order valence-corrected chi connectivity index (χ2v) is 1.57. The van der Waals surface area contributed by atoms with Crippen molar-refractivity contribution >= 4 is 12.1 Å². The zero-order valence-electron chi connectivity index (χ0n) is 5.55. The molecule has 9 heavy (non-hydrogen) atoms. The normalized spacial score (nSPS) is 11.1. The summed E-state index contributed by atoms with van der Waals surface area (Å²) < 4.78 is 0.463. The molecule has 4 heteroatoms. The first-order valence-electron chi connectivity index (χ1n) is 2.69. The minimum absolute atomic E-state index is 0.352. The van der Waals surface area contributed by atoms with Gasteiger partial charge in [0.05, 0.1) is 0 Å². The molecule has 0 bridgehead atoms. The lowest BCUT2D eigenvalue weighted by Gasteiger charge is -1.94. The average Bonchev–Trinajstić information content (AvgIpc) is 1.63. The smallest absolute Gasteiger partial charge is 0.308 e. The van der Waals surface area contributed by atoms with E-state index in [2.05, 4.69) is 5.32 Å². The zero-order chi connectivity index (χ0) is 7.28. The molecule has 0 unspecified atom stereocenters. The van der Waals surface area contributed by atoms with E-state index in [1.165, 1.54) is 7.05 Å². The number of carbonyl (C=O) groups excluding carboxylic acids is 1. The Bertz CT molecular complexity index is 127. The van der Waals surface area contributed by atoms with E-state index < -0.39 is 0 Å². The molecule has 0 aromatic heterocycles. The molecule has 0 rings (SSSR count). The zero-order valence-corrected chi connectivity index (χ0v) is 5.55. The molecule has 4 nitrogen and oxygen atoms in total. The van der Waals surface area contributed by atoms with E-state index in [9.17, 15) is 10.0 Å². The number of rotatable bonds is 2. The van der Waals surface area contributed by atoms with E-state index >= 15 is 0 Å². The van der Waals surface area contributed by atoms with Crippen molar-refractivity contribution in [2.45, 2.75) is 6.92 Å². The van der Waals surface area contributed by atoms with Crippen LogP contribution in [0.2, 0.25) is 0 Å². The summed E-state index contributed by atoms with van der Waals surface area (Å²) in [6, 6.07) is 0. The number of hydroxylamine groups is 1. The first-order chi connectivity index (χ1) is 4.16. The van der Waals surface area contributed by atoms with Crippen molar-refractivity contribution in [2.75, 3.05) is 13.6 Å². The number of nitrogens with zero attached hydrogens (tertiary/aromatic N) is 1. The maximum atomic E-state index is 10.4. The van der Waals surface area contributed by atoms with E-state index in [0.717, 1.165) is 6.21 Å². The Labute approximate surface area is 53.8 Å². The van der Waals surface area contributed by atoms with Crippen molar-refractivity contribution in [2.24, 2.45) is 0 Å². The molecule has 0 fully saturated rings. The molecule has 1 N–H and O–H groups in total. The predicted molar refractivity (Wildman–Crippen MR) is 34.3 cm³/mol. The van der Waals surface area contributed by atoms with Crippen LogP contribution in [-0.2, 0) is 4.79 Å². The summed E-state index contributed by atoms with van der Waals surface area (Å²) in [6.45, 7) is 2.33. The minimum atomic E-state index is -0.352. The Morgan fingerprint density at radius 1 is 1.89 bits per heavy atom. The summed E-state index contributed by atoms with van der Waals surface area (Å²) >= 11 is 0. The maximum absolute atomic E-state index is 10.4. The third-order valence-corrected chi connectivity index (χ3v) is 0.650. The minimum Gasteiger partial charge on any atom is -0.624 e. The highest BCUT2D eigenvalue weighted by molar-refractivity contribution is 6.24. The number of amides is 1. The molecular weight excluding hydrogens is 120 g/mol. The number of hydrogen-bond acceptors (Lipinski definition) is 2. The molecule has 0 atom stereocenters. The van der Waals surface area contributed by atoms with Gasteiger partial charge in [0.25, 0.3) is 0 Å². The van der Waals surface area contributed by atoms with Crippen molar-refractivity contribution in [1.82, 2.24) is 5.32 Å². The Morgan fingerprint density at radius 2 is 2.44 bits per heavy atom. The van der Waals surface area contributed by atoms with E-state index in [1.54, 1.807) is 6.92 Å². The van der Waals surface area contributed by atoms with Crippen LogP contribution in [-0.4, -0.2) is 30.5 Å². The van der Waals surface area contributed by atoms with Crippen LogP contribution in [0.4, 0.5) is 0 Å². The van der Waals surface area contributed by atoms with Gasteiger partial charge in [-0.25, -0.2) is 4.74 Å². The van der Waals surface area contributed by atoms with Gasteiger partial charge >= 0.3 is 5.91 Å². The van der Waals surface area contributed by atoms with Crippen molar-refractivity contribution in [1.29, 1.82) is 0 Å². The first-order valence-corrected chi connectivity index (χ1v) is 2.69. The van der Waals surface area contributed by atoms with Crippen LogP contribution in [0.1, 0.15) is 6.92 Å². The summed E-state index contributed by atoms with van der Waals surface area (Å²) in [4.78, 5) is 10.4. The van der Waals surface area contributed by atoms with Crippen LogP contribution in [0.3, 0.4) is 0 Å². The van der Waals surface area contributed by atoms with Crippen LogP contribution in [0, 0.1) is 5.21 Å².